The average molecular weight is 331 g/mol. The Kier molecular flexibility index (Phi) is 4.97. The normalized spacial score (nSPS) is 10.7. The van der Waals surface area contributed by atoms with Crippen molar-refractivity contribution in [2.75, 3.05) is 18.6 Å². The van der Waals surface area contributed by atoms with Crippen molar-refractivity contribution in [2.45, 2.75) is 0 Å². The van der Waals surface area contributed by atoms with E-state index >= 15 is 0 Å². The highest BCUT2D eigenvalue weighted by atomic mass is 35.7. The third kappa shape index (κ3) is 4.58. The molecule has 12 heteroatoms. The Labute approximate surface area is 118 Å². The van der Waals surface area contributed by atoms with Crippen molar-refractivity contribution < 1.29 is 22.7 Å². The van der Waals surface area contributed by atoms with Gasteiger partial charge in [0.15, 0.2) is 0 Å². The molecule has 0 bridgehead atoms. The Morgan fingerprint density at radius 2 is 1.79 bits per heavy atom. The summed E-state index contributed by atoms with van der Waals surface area (Å²) in [6, 6.07) is 0.0803. The molecule has 0 saturated heterocycles. The first-order chi connectivity index (χ1) is 8.76. The van der Waals surface area contributed by atoms with E-state index in [0.717, 1.165) is 0 Å². The summed E-state index contributed by atoms with van der Waals surface area (Å²) >= 11 is 5.58. The van der Waals surface area contributed by atoms with Gasteiger partial charge in [0, 0.05) is 22.5 Å². The lowest BCUT2D eigenvalue weighted by Gasteiger charge is -2.13. The fourth-order valence-electron chi connectivity index (χ4n) is 0.924. The second-order valence-corrected chi connectivity index (χ2v) is 5.52. The molecule has 2 amide bonds. The third-order valence-corrected chi connectivity index (χ3v) is 2.60. The van der Waals surface area contributed by atoms with Gasteiger partial charge in [-0.25, -0.2) is 9.52 Å². The van der Waals surface area contributed by atoms with Crippen LogP contribution in [0.5, 0.6) is 11.8 Å². The van der Waals surface area contributed by atoms with Gasteiger partial charge in [-0.2, -0.15) is 22.8 Å². The monoisotopic (exact) mass is 330 g/mol. The number of nitrogens with one attached hydrogen (secondary N) is 1. The van der Waals surface area contributed by atoms with Crippen molar-refractivity contribution in [3.63, 3.8) is 0 Å². The lowest BCUT2D eigenvalue weighted by atomic mass is 10.6. The molecule has 19 heavy (non-hydrogen) atoms. The van der Waals surface area contributed by atoms with Crippen molar-refractivity contribution >= 4 is 43.7 Å². The van der Waals surface area contributed by atoms with Crippen LogP contribution in [0.4, 0.5) is 10.7 Å². The molecule has 0 fully saturated rings. The lowest BCUT2D eigenvalue weighted by molar-refractivity contribution is 0.254. The molecular weight excluding hydrogens is 323 g/mol. The fraction of sp³-hybridized carbons (Fsp3) is 0.286. The van der Waals surface area contributed by atoms with E-state index in [2.05, 4.69) is 9.97 Å². The second-order valence-electron chi connectivity index (χ2n) is 2.88. The lowest BCUT2D eigenvalue weighted by Crippen LogP contribution is -2.36. The Morgan fingerprint density at radius 3 is 2.16 bits per heavy atom. The van der Waals surface area contributed by atoms with Crippen LogP contribution < -0.4 is 18.6 Å². The number of carbonyl (C=O) groups excluding carboxylic acids is 1. The number of urea groups is 1. The first-order valence-electron chi connectivity index (χ1n) is 4.46. The van der Waals surface area contributed by atoms with E-state index in [0.29, 0.717) is 4.42 Å². The molecule has 0 radical (unpaired) electrons. The number of aromatic nitrogens is 2. The Morgan fingerprint density at radius 1 is 1.32 bits per heavy atom. The fourth-order valence-corrected chi connectivity index (χ4v) is 1.59. The highest BCUT2D eigenvalue weighted by Gasteiger charge is 2.22. The molecule has 1 N–H and O–H groups in total. The Bertz CT molecular complexity index is 559. The molecule has 0 saturated carbocycles. The summed E-state index contributed by atoms with van der Waals surface area (Å²) in [7, 11) is 3.22. The SMILES string of the molecule is COc1cc(OC)nc(N(Cl)C(=O)NS(=O)(=O)Cl)n1. The summed E-state index contributed by atoms with van der Waals surface area (Å²) in [4.78, 5) is 18.9. The van der Waals surface area contributed by atoms with E-state index in [1.807, 2.05) is 0 Å². The zero-order chi connectivity index (χ0) is 14.6. The van der Waals surface area contributed by atoms with Gasteiger partial charge in [-0.05, 0) is 0 Å². The largest absolute Gasteiger partial charge is 0.481 e. The molecule has 0 aliphatic carbocycles. The van der Waals surface area contributed by atoms with Gasteiger partial charge in [-0.15, -0.1) is 0 Å². The van der Waals surface area contributed by atoms with Crippen molar-refractivity contribution in [1.29, 1.82) is 0 Å². The van der Waals surface area contributed by atoms with Crippen molar-refractivity contribution in [2.24, 2.45) is 0 Å². The van der Waals surface area contributed by atoms with Crippen LogP contribution in [-0.4, -0.2) is 38.6 Å². The van der Waals surface area contributed by atoms with Crippen LogP contribution in [0, 0.1) is 0 Å². The molecule has 1 heterocycles. The maximum Gasteiger partial charge on any atom is 0.353 e. The van der Waals surface area contributed by atoms with Gasteiger partial charge in [0.2, 0.25) is 11.8 Å². The molecule has 1 rings (SSSR count). The highest BCUT2D eigenvalue weighted by Crippen LogP contribution is 2.21. The number of anilines is 1. The summed E-state index contributed by atoms with van der Waals surface area (Å²) in [6.07, 6.45) is 0. The van der Waals surface area contributed by atoms with Crippen LogP contribution in [0.1, 0.15) is 0 Å². The smallest absolute Gasteiger partial charge is 0.353 e. The van der Waals surface area contributed by atoms with Crippen molar-refractivity contribution in [3.8, 4) is 11.8 Å². The van der Waals surface area contributed by atoms with Crippen LogP contribution >= 0.6 is 22.5 Å². The van der Waals surface area contributed by atoms with Gasteiger partial charge in [0.1, 0.15) is 0 Å². The van der Waals surface area contributed by atoms with Crippen molar-refractivity contribution in [3.05, 3.63) is 6.07 Å². The number of rotatable bonds is 4. The number of hydrogen-bond donors (Lipinski definition) is 1. The molecule has 0 aliphatic rings. The molecule has 1 aromatic heterocycles. The van der Waals surface area contributed by atoms with Gasteiger partial charge in [-0.1, -0.05) is 0 Å². The zero-order valence-corrected chi connectivity index (χ0v) is 12.0. The van der Waals surface area contributed by atoms with E-state index in [4.69, 9.17) is 31.9 Å². The van der Waals surface area contributed by atoms with E-state index in [9.17, 15) is 13.2 Å². The topological polar surface area (TPSA) is 111 Å². The summed E-state index contributed by atoms with van der Waals surface area (Å²) in [5, 5.41) is 0. The van der Waals surface area contributed by atoms with Crippen LogP contribution in [0.3, 0.4) is 0 Å². The summed E-state index contributed by atoms with van der Waals surface area (Å²) in [5.41, 5.74) is 0. The van der Waals surface area contributed by atoms with Crippen LogP contribution in [0.2, 0.25) is 0 Å². The summed E-state index contributed by atoms with van der Waals surface area (Å²) in [5.74, 6) is -0.223. The number of methoxy groups -OCH3 is 2. The van der Waals surface area contributed by atoms with Crippen LogP contribution in [0.15, 0.2) is 6.07 Å². The Balaban J connectivity index is 3.04. The minimum atomic E-state index is -4.28. The third-order valence-electron chi connectivity index (χ3n) is 1.65. The molecule has 1 aromatic rings. The van der Waals surface area contributed by atoms with Gasteiger partial charge in [-0.3, -0.25) is 0 Å². The van der Waals surface area contributed by atoms with E-state index in [1.54, 1.807) is 0 Å². The maximum atomic E-state index is 11.4. The predicted octanol–water partition coefficient (Wildman–Crippen LogP) is 0.647. The first-order valence-corrected chi connectivity index (χ1v) is 7.11. The maximum absolute atomic E-state index is 11.4. The molecule has 106 valence electrons. The second kappa shape index (κ2) is 6.08. The number of hydrogen-bond acceptors (Lipinski definition) is 7. The van der Waals surface area contributed by atoms with Crippen LogP contribution in [-0.2, 0) is 9.24 Å². The molecule has 9 nitrogen and oxygen atoms in total. The van der Waals surface area contributed by atoms with Gasteiger partial charge >= 0.3 is 15.3 Å². The molecule has 0 aromatic carbocycles. The minimum Gasteiger partial charge on any atom is -0.481 e. The predicted molar refractivity (Wildman–Crippen MR) is 66.8 cm³/mol. The molecular formula is C7H8Cl2N4O5S. The number of halogens is 2. The highest BCUT2D eigenvalue weighted by molar-refractivity contribution is 8.12. The number of amides is 2. The summed E-state index contributed by atoms with van der Waals surface area (Å²) in [6.45, 7) is 0. The molecule has 0 atom stereocenters. The standard InChI is InChI=1S/C7H8Cl2N4O5S/c1-17-4-3-5(18-2)11-6(10-4)13(8)7(14)12-19(9,15)16/h3H,1-2H3,(H,12,14). The van der Waals surface area contributed by atoms with Crippen LogP contribution in [0.25, 0.3) is 0 Å². The van der Waals surface area contributed by atoms with Gasteiger partial charge in [0.25, 0.3) is 5.95 Å². The number of ether oxygens (including phenoxy) is 2. The van der Waals surface area contributed by atoms with E-state index < -0.39 is 15.3 Å². The van der Waals surface area contributed by atoms with E-state index in [-0.39, 0.29) is 17.7 Å². The zero-order valence-electron chi connectivity index (χ0n) is 9.62. The Hall–Kier alpha value is -1.52. The average Bonchev–Trinajstić information content (AvgIpc) is 2.35. The number of nitrogens with zero attached hydrogens (tertiary/aromatic N) is 3. The first kappa shape index (κ1) is 15.5. The quantitative estimate of drug-likeness (QED) is 0.637. The molecule has 0 aliphatic heterocycles. The number of carbonyl (C=O) groups is 1. The minimum absolute atomic E-state index is 0.0639. The van der Waals surface area contributed by atoms with Crippen molar-refractivity contribution in [1.82, 2.24) is 14.7 Å². The van der Waals surface area contributed by atoms with Gasteiger partial charge < -0.3 is 9.47 Å². The summed E-state index contributed by atoms with van der Waals surface area (Å²) < 4.78 is 32.8. The molecule has 0 unspecified atom stereocenters. The van der Waals surface area contributed by atoms with E-state index in [1.165, 1.54) is 25.0 Å². The molecule has 0 spiro atoms. The van der Waals surface area contributed by atoms with Gasteiger partial charge in [0.05, 0.1) is 20.3 Å².